The van der Waals surface area contributed by atoms with E-state index in [1.165, 1.54) is 0 Å². The minimum Gasteiger partial charge on any atom is -0.348 e. The lowest BCUT2D eigenvalue weighted by Gasteiger charge is -2.29. The lowest BCUT2D eigenvalue weighted by atomic mass is 10.1. The summed E-state index contributed by atoms with van der Waals surface area (Å²) < 4.78 is 0. The number of rotatable bonds is 4. The monoisotopic (exact) mass is 268 g/mol. The van der Waals surface area contributed by atoms with Gasteiger partial charge in [0.25, 0.3) is 0 Å². The molecule has 0 saturated carbocycles. The standard InChI is InChI=1S/C12H20N4OS/c1-9-8-18-12(15-9)6-14-11(17)7-16-4-2-10(13)3-5-16/h8,10H,2-7,13H2,1H3,(H,14,17). The van der Waals surface area contributed by atoms with E-state index < -0.39 is 0 Å². The first-order valence-electron chi connectivity index (χ1n) is 6.29. The minimum atomic E-state index is 0.0679. The number of nitrogens with one attached hydrogen (secondary N) is 1. The Kier molecular flexibility index (Phi) is 4.68. The molecule has 0 unspecified atom stereocenters. The van der Waals surface area contributed by atoms with Gasteiger partial charge in [-0.25, -0.2) is 4.98 Å². The normalized spacial score (nSPS) is 17.9. The van der Waals surface area contributed by atoms with Crippen molar-refractivity contribution in [3.63, 3.8) is 0 Å². The second kappa shape index (κ2) is 6.26. The first-order valence-corrected chi connectivity index (χ1v) is 7.17. The SMILES string of the molecule is Cc1csc(CNC(=O)CN2CCC(N)CC2)n1. The van der Waals surface area contributed by atoms with Crippen molar-refractivity contribution in [1.29, 1.82) is 0 Å². The molecule has 0 atom stereocenters. The molecular formula is C12H20N4OS. The summed E-state index contributed by atoms with van der Waals surface area (Å²) >= 11 is 1.58. The maximum Gasteiger partial charge on any atom is 0.234 e. The van der Waals surface area contributed by atoms with Crippen LogP contribution < -0.4 is 11.1 Å². The van der Waals surface area contributed by atoms with Crippen LogP contribution in [0, 0.1) is 6.92 Å². The van der Waals surface area contributed by atoms with Crippen molar-refractivity contribution in [3.05, 3.63) is 16.1 Å². The predicted octanol–water partition coefficient (Wildman–Crippen LogP) is 0.491. The third-order valence-corrected chi connectivity index (χ3v) is 4.07. The highest BCUT2D eigenvalue weighted by Gasteiger charge is 2.18. The van der Waals surface area contributed by atoms with Crippen molar-refractivity contribution < 1.29 is 4.79 Å². The third-order valence-electron chi connectivity index (χ3n) is 3.10. The molecule has 5 nitrogen and oxygen atoms in total. The predicted molar refractivity (Wildman–Crippen MR) is 72.3 cm³/mol. The molecule has 3 N–H and O–H groups in total. The fraction of sp³-hybridized carbons (Fsp3) is 0.667. The molecule has 18 heavy (non-hydrogen) atoms. The molecule has 0 aliphatic carbocycles. The van der Waals surface area contributed by atoms with Gasteiger partial charge in [0.1, 0.15) is 5.01 Å². The Morgan fingerprint density at radius 3 is 2.94 bits per heavy atom. The van der Waals surface area contributed by atoms with Crippen molar-refractivity contribution in [2.45, 2.75) is 32.4 Å². The molecule has 0 bridgehead atoms. The van der Waals surface area contributed by atoms with Gasteiger partial charge in [0.2, 0.25) is 5.91 Å². The van der Waals surface area contributed by atoms with Crippen molar-refractivity contribution >= 4 is 17.2 Å². The zero-order chi connectivity index (χ0) is 13.0. The van der Waals surface area contributed by atoms with E-state index in [0.29, 0.717) is 19.1 Å². The highest BCUT2D eigenvalue weighted by Crippen LogP contribution is 2.09. The zero-order valence-electron chi connectivity index (χ0n) is 10.7. The van der Waals surface area contributed by atoms with Crippen LogP contribution in [0.3, 0.4) is 0 Å². The van der Waals surface area contributed by atoms with Gasteiger partial charge in [-0.2, -0.15) is 0 Å². The fourth-order valence-corrected chi connectivity index (χ4v) is 2.74. The van der Waals surface area contributed by atoms with Gasteiger partial charge in [-0.3, -0.25) is 9.69 Å². The summed E-state index contributed by atoms with van der Waals surface area (Å²) in [6.07, 6.45) is 1.97. The van der Waals surface area contributed by atoms with Crippen LogP contribution in [0.4, 0.5) is 0 Å². The molecule has 2 heterocycles. The summed E-state index contributed by atoms with van der Waals surface area (Å²) in [5.74, 6) is 0.0679. The minimum absolute atomic E-state index is 0.0679. The first-order chi connectivity index (χ1) is 8.63. The van der Waals surface area contributed by atoms with Crippen LogP contribution in [0.1, 0.15) is 23.5 Å². The summed E-state index contributed by atoms with van der Waals surface area (Å²) in [5, 5.41) is 5.86. The number of carbonyl (C=O) groups excluding carboxylic acids is 1. The molecule has 6 heteroatoms. The summed E-state index contributed by atoms with van der Waals surface area (Å²) in [5.41, 5.74) is 6.84. The van der Waals surface area contributed by atoms with E-state index in [1.54, 1.807) is 11.3 Å². The van der Waals surface area contributed by atoms with Crippen LogP contribution in [-0.4, -0.2) is 41.5 Å². The summed E-state index contributed by atoms with van der Waals surface area (Å²) in [4.78, 5) is 18.2. The fourth-order valence-electron chi connectivity index (χ4n) is 2.03. The molecule has 1 amide bonds. The lowest BCUT2D eigenvalue weighted by Crippen LogP contribution is -2.44. The van der Waals surface area contributed by atoms with E-state index in [4.69, 9.17) is 5.73 Å². The maximum absolute atomic E-state index is 11.8. The molecule has 100 valence electrons. The molecule has 1 aliphatic rings. The molecule has 1 aromatic heterocycles. The third kappa shape index (κ3) is 4.04. The Bertz CT molecular complexity index is 399. The molecule has 0 radical (unpaired) electrons. The summed E-state index contributed by atoms with van der Waals surface area (Å²) in [6, 6.07) is 0.308. The lowest BCUT2D eigenvalue weighted by molar-refractivity contribution is -0.122. The number of likely N-dealkylation sites (tertiary alicyclic amines) is 1. The highest BCUT2D eigenvalue weighted by atomic mass is 32.1. The maximum atomic E-state index is 11.8. The molecule has 0 aromatic carbocycles. The zero-order valence-corrected chi connectivity index (χ0v) is 11.5. The Hall–Kier alpha value is -0.980. The van der Waals surface area contributed by atoms with Gasteiger partial charge < -0.3 is 11.1 Å². The largest absolute Gasteiger partial charge is 0.348 e. The highest BCUT2D eigenvalue weighted by molar-refractivity contribution is 7.09. The molecule has 1 saturated heterocycles. The van der Waals surface area contributed by atoms with Crippen LogP contribution in [-0.2, 0) is 11.3 Å². The van der Waals surface area contributed by atoms with Crippen LogP contribution >= 0.6 is 11.3 Å². The topological polar surface area (TPSA) is 71.2 Å². The van der Waals surface area contributed by atoms with E-state index in [9.17, 15) is 4.79 Å². The quantitative estimate of drug-likeness (QED) is 0.834. The van der Waals surface area contributed by atoms with Crippen molar-refractivity contribution in [2.75, 3.05) is 19.6 Å². The Balaban J connectivity index is 1.69. The van der Waals surface area contributed by atoms with Crippen molar-refractivity contribution in [3.8, 4) is 0 Å². The van der Waals surface area contributed by atoms with Gasteiger partial charge in [0.05, 0.1) is 13.1 Å². The second-order valence-corrected chi connectivity index (χ2v) is 5.72. The Morgan fingerprint density at radius 2 is 2.33 bits per heavy atom. The summed E-state index contributed by atoms with van der Waals surface area (Å²) in [7, 11) is 0. The molecule has 2 rings (SSSR count). The number of amides is 1. The van der Waals surface area contributed by atoms with E-state index in [1.807, 2.05) is 12.3 Å². The van der Waals surface area contributed by atoms with Gasteiger partial charge in [0, 0.05) is 30.2 Å². The molecule has 0 spiro atoms. The summed E-state index contributed by atoms with van der Waals surface area (Å²) in [6.45, 7) is 4.80. The number of aromatic nitrogens is 1. The number of nitrogens with two attached hydrogens (primary N) is 1. The van der Waals surface area contributed by atoms with Gasteiger partial charge >= 0.3 is 0 Å². The average molecular weight is 268 g/mol. The molecular weight excluding hydrogens is 248 g/mol. The number of thiazole rings is 1. The number of hydrogen-bond donors (Lipinski definition) is 2. The number of hydrogen-bond acceptors (Lipinski definition) is 5. The Morgan fingerprint density at radius 1 is 1.61 bits per heavy atom. The smallest absolute Gasteiger partial charge is 0.234 e. The first kappa shape index (κ1) is 13.5. The average Bonchev–Trinajstić information content (AvgIpc) is 2.76. The van der Waals surface area contributed by atoms with E-state index in [0.717, 1.165) is 36.6 Å². The van der Waals surface area contributed by atoms with Gasteiger partial charge in [-0.05, 0) is 19.8 Å². The molecule has 1 fully saturated rings. The van der Waals surface area contributed by atoms with Crippen molar-refractivity contribution in [2.24, 2.45) is 5.73 Å². The molecule has 1 aromatic rings. The van der Waals surface area contributed by atoms with Gasteiger partial charge in [0.15, 0.2) is 0 Å². The number of carbonyl (C=O) groups is 1. The second-order valence-electron chi connectivity index (χ2n) is 4.77. The van der Waals surface area contributed by atoms with Crippen molar-refractivity contribution in [1.82, 2.24) is 15.2 Å². The van der Waals surface area contributed by atoms with Gasteiger partial charge in [-0.1, -0.05) is 0 Å². The van der Waals surface area contributed by atoms with E-state index >= 15 is 0 Å². The number of piperidine rings is 1. The van der Waals surface area contributed by atoms with Crippen LogP contribution in [0.5, 0.6) is 0 Å². The van der Waals surface area contributed by atoms with Crippen LogP contribution in [0.25, 0.3) is 0 Å². The van der Waals surface area contributed by atoms with Crippen LogP contribution in [0.2, 0.25) is 0 Å². The van der Waals surface area contributed by atoms with Gasteiger partial charge in [-0.15, -0.1) is 11.3 Å². The van der Waals surface area contributed by atoms with Crippen LogP contribution in [0.15, 0.2) is 5.38 Å². The number of nitrogens with zero attached hydrogens (tertiary/aromatic N) is 2. The molecule has 1 aliphatic heterocycles. The Labute approximate surface area is 111 Å². The number of aryl methyl sites for hydroxylation is 1. The van der Waals surface area contributed by atoms with E-state index in [-0.39, 0.29) is 5.91 Å². The van der Waals surface area contributed by atoms with E-state index in [2.05, 4.69) is 15.2 Å².